The Bertz CT molecular complexity index is 2890. The van der Waals surface area contributed by atoms with Crippen molar-refractivity contribution in [2.75, 3.05) is 4.90 Å². The minimum Gasteiger partial charge on any atom is -0.456 e. The van der Waals surface area contributed by atoms with Gasteiger partial charge >= 0.3 is 0 Å². The number of anilines is 2. The van der Waals surface area contributed by atoms with Crippen LogP contribution >= 0.6 is 0 Å². The summed E-state index contributed by atoms with van der Waals surface area (Å²) in [5.74, 6) is 1.94. The van der Waals surface area contributed by atoms with E-state index in [0.29, 0.717) is 0 Å². The van der Waals surface area contributed by atoms with Gasteiger partial charge in [-0.25, -0.2) is 4.99 Å². The van der Waals surface area contributed by atoms with Crippen molar-refractivity contribution in [2.45, 2.75) is 12.0 Å². The molecule has 0 bridgehead atoms. The first-order chi connectivity index (χ1) is 27.7. The Morgan fingerprint density at radius 2 is 1.23 bits per heavy atom. The maximum Gasteiger partial charge on any atom is 0.135 e. The molecule has 3 unspecified atom stereocenters. The summed E-state index contributed by atoms with van der Waals surface area (Å²) in [6.07, 6.45) is 19.9. The smallest absolute Gasteiger partial charge is 0.135 e. The van der Waals surface area contributed by atoms with Crippen LogP contribution in [0.4, 0.5) is 11.4 Å². The summed E-state index contributed by atoms with van der Waals surface area (Å²) < 4.78 is 6.91. The molecule has 56 heavy (non-hydrogen) atoms. The zero-order chi connectivity index (χ0) is 37.0. The fourth-order valence-electron chi connectivity index (χ4n) is 8.76. The van der Waals surface area contributed by atoms with Crippen molar-refractivity contribution in [2.24, 2.45) is 10.9 Å². The second-order valence-corrected chi connectivity index (χ2v) is 14.8. The van der Waals surface area contributed by atoms with Crippen LogP contribution in [0.1, 0.15) is 28.4 Å². The summed E-state index contributed by atoms with van der Waals surface area (Å²) in [7, 11) is 0. The van der Waals surface area contributed by atoms with E-state index < -0.39 is 0 Å². The lowest BCUT2D eigenvalue weighted by Gasteiger charge is -2.38. The van der Waals surface area contributed by atoms with Crippen LogP contribution in [0.3, 0.4) is 0 Å². The number of benzene rings is 6. The molecular weight excluding hydrogens is 683 g/mol. The predicted octanol–water partition coefficient (Wildman–Crippen LogP) is 12.5. The van der Waals surface area contributed by atoms with E-state index in [-0.39, 0.29) is 17.9 Å². The van der Waals surface area contributed by atoms with E-state index in [1.807, 2.05) is 6.07 Å². The highest BCUT2D eigenvalue weighted by atomic mass is 16.3. The summed E-state index contributed by atoms with van der Waals surface area (Å²) >= 11 is 0. The molecule has 4 heteroatoms. The zero-order valence-corrected chi connectivity index (χ0v) is 30.6. The standard InChI is InChI=1S/C52H37N3O/c1-3-13-34(14-4-1)36-23-27-40(28-24-36)55(41-29-25-35-15-7-8-18-38(35)31-41)47-33-49-50(43-20-10-9-19-42(43)47)45-30-26-39(32-48(45)56-49)52-53-46-22-12-11-21-44(46)51(54-52)37-16-5-2-6-17-37/h1-33,42-43,46H,(H,53,54). The first kappa shape index (κ1) is 32.3. The van der Waals surface area contributed by atoms with E-state index in [1.54, 1.807) is 0 Å². The monoisotopic (exact) mass is 719 g/mol. The van der Waals surface area contributed by atoms with Gasteiger partial charge in [0.25, 0.3) is 0 Å². The molecule has 1 N–H and O–H groups in total. The van der Waals surface area contributed by atoms with E-state index >= 15 is 0 Å². The van der Waals surface area contributed by atoms with Gasteiger partial charge in [-0.3, -0.25) is 0 Å². The van der Waals surface area contributed by atoms with Crippen molar-refractivity contribution in [3.8, 4) is 11.1 Å². The third-order valence-corrected chi connectivity index (χ3v) is 11.5. The van der Waals surface area contributed by atoms with E-state index in [1.165, 1.54) is 38.7 Å². The van der Waals surface area contributed by atoms with E-state index in [2.05, 4.69) is 204 Å². The number of nitrogens with one attached hydrogen (secondary N) is 1. The van der Waals surface area contributed by atoms with E-state index in [4.69, 9.17) is 9.41 Å². The molecule has 1 aliphatic heterocycles. The van der Waals surface area contributed by atoms with Crippen molar-refractivity contribution in [1.82, 2.24) is 5.32 Å². The number of hydrogen-bond donors (Lipinski definition) is 1. The summed E-state index contributed by atoms with van der Waals surface area (Å²) in [4.78, 5) is 7.65. The van der Waals surface area contributed by atoms with Crippen LogP contribution in [0.2, 0.25) is 0 Å². The minimum absolute atomic E-state index is 0.0384. The molecule has 0 spiro atoms. The van der Waals surface area contributed by atoms with Crippen LogP contribution in [-0.2, 0) is 0 Å². The lowest BCUT2D eigenvalue weighted by Crippen LogP contribution is -2.39. The molecule has 3 aliphatic carbocycles. The first-order valence-corrected chi connectivity index (χ1v) is 19.3. The molecule has 0 saturated heterocycles. The highest BCUT2D eigenvalue weighted by Gasteiger charge is 2.37. The Labute approximate surface area is 326 Å². The maximum atomic E-state index is 6.91. The third-order valence-electron chi connectivity index (χ3n) is 11.5. The van der Waals surface area contributed by atoms with Crippen LogP contribution in [0.15, 0.2) is 215 Å². The number of aliphatic imine (C=N–C) groups is 1. The first-order valence-electron chi connectivity index (χ1n) is 19.3. The normalized spacial score (nSPS) is 19.2. The lowest BCUT2D eigenvalue weighted by atomic mass is 9.75. The van der Waals surface area contributed by atoms with Crippen molar-refractivity contribution < 1.29 is 4.42 Å². The van der Waals surface area contributed by atoms with Gasteiger partial charge in [0.15, 0.2) is 0 Å². The van der Waals surface area contributed by atoms with Gasteiger partial charge in [-0.2, -0.15) is 0 Å². The minimum atomic E-state index is 0.0384. The van der Waals surface area contributed by atoms with Crippen LogP contribution < -0.4 is 10.2 Å². The molecule has 4 nitrogen and oxygen atoms in total. The van der Waals surface area contributed by atoms with Gasteiger partial charge in [0, 0.05) is 62.6 Å². The quantitative estimate of drug-likeness (QED) is 0.186. The molecule has 0 amide bonds. The summed E-state index contributed by atoms with van der Waals surface area (Å²) in [5, 5.41) is 7.26. The van der Waals surface area contributed by atoms with Gasteiger partial charge in [-0.1, -0.05) is 164 Å². The van der Waals surface area contributed by atoms with Gasteiger partial charge in [0.05, 0.1) is 11.7 Å². The number of amidine groups is 1. The Morgan fingerprint density at radius 1 is 0.554 bits per heavy atom. The van der Waals surface area contributed by atoms with Crippen molar-refractivity contribution in [1.29, 1.82) is 0 Å². The van der Waals surface area contributed by atoms with Crippen molar-refractivity contribution >= 4 is 50.7 Å². The number of rotatable bonds is 6. The molecule has 0 fully saturated rings. The van der Waals surface area contributed by atoms with Gasteiger partial charge in [0.1, 0.15) is 17.2 Å². The van der Waals surface area contributed by atoms with Gasteiger partial charge in [-0.05, 0) is 52.2 Å². The van der Waals surface area contributed by atoms with Gasteiger partial charge < -0.3 is 14.6 Å². The second-order valence-electron chi connectivity index (χ2n) is 14.8. The average molecular weight is 720 g/mol. The van der Waals surface area contributed by atoms with Crippen LogP contribution in [0.5, 0.6) is 0 Å². The Morgan fingerprint density at radius 3 is 2.05 bits per heavy atom. The molecule has 7 aromatic rings. The predicted molar refractivity (Wildman–Crippen MR) is 232 cm³/mol. The number of furan rings is 1. The third kappa shape index (κ3) is 5.49. The van der Waals surface area contributed by atoms with Gasteiger partial charge in [0.2, 0.25) is 0 Å². The Kier molecular flexibility index (Phi) is 7.66. The lowest BCUT2D eigenvalue weighted by molar-refractivity contribution is 0.566. The topological polar surface area (TPSA) is 40.8 Å². The van der Waals surface area contributed by atoms with Crippen molar-refractivity contribution in [3.05, 3.63) is 228 Å². The highest BCUT2D eigenvalue weighted by Crippen LogP contribution is 2.50. The molecule has 266 valence electrons. The number of nitrogens with zero attached hydrogens (tertiary/aromatic N) is 2. The molecule has 3 atom stereocenters. The molecule has 4 aliphatic rings. The Hall–Kier alpha value is -7.17. The van der Waals surface area contributed by atoms with Crippen molar-refractivity contribution in [3.63, 3.8) is 0 Å². The van der Waals surface area contributed by atoms with Crippen LogP contribution in [-0.4, -0.2) is 11.9 Å². The molecule has 0 radical (unpaired) electrons. The highest BCUT2D eigenvalue weighted by molar-refractivity contribution is 6.06. The largest absolute Gasteiger partial charge is 0.456 e. The fraction of sp³-hybridized carbons (Fsp3) is 0.0577. The molecule has 11 rings (SSSR count). The second kappa shape index (κ2) is 13.3. The fourth-order valence-corrected chi connectivity index (χ4v) is 8.76. The molecule has 6 aromatic carbocycles. The summed E-state index contributed by atoms with van der Waals surface area (Å²) in [5.41, 5.74) is 12.1. The number of hydrogen-bond acceptors (Lipinski definition) is 4. The summed E-state index contributed by atoms with van der Waals surface area (Å²) in [6, 6.07) is 51.9. The summed E-state index contributed by atoms with van der Waals surface area (Å²) in [6.45, 7) is 0. The molecule has 2 heterocycles. The maximum absolute atomic E-state index is 6.91. The average Bonchev–Trinajstić information content (AvgIpc) is 3.65. The Balaban J connectivity index is 1.05. The van der Waals surface area contributed by atoms with Gasteiger partial charge in [-0.15, -0.1) is 0 Å². The molecular formula is C52H37N3O. The van der Waals surface area contributed by atoms with Crippen LogP contribution in [0, 0.1) is 5.92 Å². The van der Waals surface area contributed by atoms with E-state index in [0.717, 1.165) is 50.8 Å². The zero-order valence-electron chi connectivity index (χ0n) is 30.6. The number of allylic oxidation sites excluding steroid dienone is 6. The molecule has 1 aromatic heterocycles. The van der Waals surface area contributed by atoms with E-state index in [9.17, 15) is 0 Å². The van der Waals surface area contributed by atoms with Crippen LogP contribution in [0.25, 0.3) is 44.6 Å². The molecule has 0 saturated carbocycles. The number of fused-ring (bicyclic) bond motifs is 7. The SMILES string of the molecule is C1=CC2=C(c3ccccc3)N=C(c3ccc4c5c(oc4c3)C=C(N(c3ccc(-c4ccccc4)cc3)c3ccc4ccccc4c3)C3C=CC=CC53)NC2C=C1.